The highest BCUT2D eigenvalue weighted by molar-refractivity contribution is 6.31. The third kappa shape index (κ3) is 2.19. The summed E-state index contributed by atoms with van der Waals surface area (Å²) in [4.78, 5) is 11.6. The number of fused-ring (bicyclic) bond motifs is 1. The fourth-order valence-electron chi connectivity index (χ4n) is 1.39. The van der Waals surface area contributed by atoms with Crippen molar-refractivity contribution in [2.24, 2.45) is 0 Å². The number of furan rings is 1. The third-order valence-electron chi connectivity index (χ3n) is 2.02. The summed E-state index contributed by atoms with van der Waals surface area (Å²) in [6, 6.07) is 6.81. The molecule has 0 saturated heterocycles. The van der Waals surface area contributed by atoms with Crippen LogP contribution in [0, 0.1) is 0 Å². The molecule has 1 aromatic heterocycles. The van der Waals surface area contributed by atoms with Gasteiger partial charge in [0.2, 0.25) is 5.76 Å². The van der Waals surface area contributed by atoms with Gasteiger partial charge in [-0.15, -0.1) is 0 Å². The average Bonchev–Trinajstić information content (AvgIpc) is 2.59. The minimum atomic E-state index is -0.456. The van der Waals surface area contributed by atoms with Gasteiger partial charge in [-0.3, -0.25) is 0 Å². The summed E-state index contributed by atoms with van der Waals surface area (Å²) >= 11 is 5.83. The number of esters is 1. The van der Waals surface area contributed by atoms with E-state index < -0.39 is 5.97 Å². The second-order valence-electron chi connectivity index (χ2n) is 3.75. The Morgan fingerprint density at radius 3 is 2.81 bits per heavy atom. The lowest BCUT2D eigenvalue weighted by molar-refractivity contribution is 0.0344. The topological polar surface area (TPSA) is 39.4 Å². The highest BCUT2D eigenvalue weighted by Gasteiger charge is 2.14. The summed E-state index contributed by atoms with van der Waals surface area (Å²) < 4.78 is 10.4. The molecule has 16 heavy (non-hydrogen) atoms. The van der Waals surface area contributed by atoms with Crippen molar-refractivity contribution in [2.75, 3.05) is 0 Å². The molecule has 0 N–H and O–H groups in total. The number of ether oxygens (including phenoxy) is 1. The van der Waals surface area contributed by atoms with Crippen LogP contribution < -0.4 is 0 Å². The molecule has 2 aromatic rings. The van der Waals surface area contributed by atoms with Crippen LogP contribution >= 0.6 is 11.6 Å². The van der Waals surface area contributed by atoms with Crippen molar-refractivity contribution in [1.29, 1.82) is 0 Å². The first-order valence-corrected chi connectivity index (χ1v) is 5.34. The van der Waals surface area contributed by atoms with Gasteiger partial charge in [-0.2, -0.15) is 0 Å². The fraction of sp³-hybridized carbons (Fsp3) is 0.250. The summed E-state index contributed by atoms with van der Waals surface area (Å²) in [5.41, 5.74) is 0.625. The van der Waals surface area contributed by atoms with Gasteiger partial charge in [-0.25, -0.2) is 4.79 Å². The molecule has 0 aliphatic rings. The summed E-state index contributed by atoms with van der Waals surface area (Å²) in [5.74, 6) is -0.256. The molecule has 1 aromatic carbocycles. The molecule has 0 amide bonds. The summed E-state index contributed by atoms with van der Waals surface area (Å²) in [6.45, 7) is 3.58. The zero-order valence-electron chi connectivity index (χ0n) is 8.99. The molecule has 0 aliphatic carbocycles. The van der Waals surface area contributed by atoms with Gasteiger partial charge in [0.25, 0.3) is 0 Å². The van der Waals surface area contributed by atoms with E-state index in [0.717, 1.165) is 5.39 Å². The van der Waals surface area contributed by atoms with E-state index in [1.165, 1.54) is 0 Å². The van der Waals surface area contributed by atoms with Crippen LogP contribution in [0.2, 0.25) is 5.02 Å². The van der Waals surface area contributed by atoms with Crippen molar-refractivity contribution < 1.29 is 13.9 Å². The molecule has 2 rings (SSSR count). The van der Waals surface area contributed by atoms with E-state index in [9.17, 15) is 4.79 Å². The predicted molar refractivity (Wildman–Crippen MR) is 61.8 cm³/mol. The van der Waals surface area contributed by atoms with Crippen LogP contribution in [0.3, 0.4) is 0 Å². The van der Waals surface area contributed by atoms with Gasteiger partial charge in [0.05, 0.1) is 6.10 Å². The lowest BCUT2D eigenvalue weighted by Gasteiger charge is -2.04. The normalized spacial score (nSPS) is 11.0. The van der Waals surface area contributed by atoms with Crippen LogP contribution in [0.15, 0.2) is 28.7 Å². The molecule has 0 bridgehead atoms. The minimum Gasteiger partial charge on any atom is -0.457 e. The lowest BCUT2D eigenvalue weighted by Crippen LogP contribution is -2.10. The molecule has 0 spiro atoms. The monoisotopic (exact) mass is 238 g/mol. The molecule has 4 heteroatoms. The molecule has 3 nitrogen and oxygen atoms in total. The Labute approximate surface area is 97.9 Å². The second kappa shape index (κ2) is 4.18. The van der Waals surface area contributed by atoms with E-state index in [-0.39, 0.29) is 11.9 Å². The highest BCUT2D eigenvalue weighted by atomic mass is 35.5. The number of carbonyl (C=O) groups excluding carboxylic acids is 1. The quantitative estimate of drug-likeness (QED) is 0.750. The van der Waals surface area contributed by atoms with Crippen LogP contribution in [0.4, 0.5) is 0 Å². The van der Waals surface area contributed by atoms with Gasteiger partial charge in [0.1, 0.15) is 5.58 Å². The first kappa shape index (κ1) is 11.0. The number of rotatable bonds is 2. The second-order valence-corrected chi connectivity index (χ2v) is 4.18. The zero-order valence-corrected chi connectivity index (χ0v) is 9.75. The maximum atomic E-state index is 11.6. The Hall–Kier alpha value is -1.48. The first-order chi connectivity index (χ1) is 7.56. The maximum absolute atomic E-state index is 11.6. The molecule has 0 radical (unpaired) electrons. The van der Waals surface area contributed by atoms with Crippen molar-refractivity contribution >= 4 is 28.5 Å². The van der Waals surface area contributed by atoms with Crippen LogP contribution in [-0.4, -0.2) is 12.1 Å². The van der Waals surface area contributed by atoms with Gasteiger partial charge in [-0.1, -0.05) is 11.6 Å². The van der Waals surface area contributed by atoms with Crippen LogP contribution in [-0.2, 0) is 4.74 Å². The van der Waals surface area contributed by atoms with E-state index in [1.807, 2.05) is 0 Å². The van der Waals surface area contributed by atoms with Gasteiger partial charge in [-0.05, 0) is 38.1 Å². The van der Waals surface area contributed by atoms with E-state index >= 15 is 0 Å². The molecule has 84 valence electrons. The molecule has 0 atom stereocenters. The highest BCUT2D eigenvalue weighted by Crippen LogP contribution is 2.23. The van der Waals surface area contributed by atoms with Crippen molar-refractivity contribution in [3.63, 3.8) is 0 Å². The van der Waals surface area contributed by atoms with Gasteiger partial charge in [0, 0.05) is 10.4 Å². The Kier molecular flexibility index (Phi) is 2.88. The van der Waals surface area contributed by atoms with Crippen molar-refractivity contribution in [3.8, 4) is 0 Å². The van der Waals surface area contributed by atoms with Crippen LogP contribution in [0.1, 0.15) is 24.4 Å². The van der Waals surface area contributed by atoms with Crippen molar-refractivity contribution in [1.82, 2.24) is 0 Å². The smallest absolute Gasteiger partial charge is 0.374 e. The molecule has 1 heterocycles. The van der Waals surface area contributed by atoms with Gasteiger partial charge < -0.3 is 9.15 Å². The molecule has 0 unspecified atom stereocenters. The Balaban J connectivity index is 2.36. The Bertz CT molecular complexity index is 528. The van der Waals surface area contributed by atoms with Crippen LogP contribution in [0.25, 0.3) is 11.0 Å². The summed E-state index contributed by atoms with van der Waals surface area (Å²) in [5, 5.41) is 1.40. The van der Waals surface area contributed by atoms with E-state index in [2.05, 4.69) is 0 Å². The largest absolute Gasteiger partial charge is 0.457 e. The van der Waals surface area contributed by atoms with E-state index in [1.54, 1.807) is 38.1 Å². The Morgan fingerprint density at radius 1 is 1.38 bits per heavy atom. The SMILES string of the molecule is CC(C)OC(=O)c1cc2cc(Cl)ccc2o1. The standard InChI is InChI=1S/C12H11ClO3/c1-7(2)15-12(14)11-6-8-5-9(13)3-4-10(8)16-11/h3-7H,1-2H3. The number of hydrogen-bond donors (Lipinski definition) is 0. The van der Waals surface area contributed by atoms with Crippen molar-refractivity contribution in [3.05, 3.63) is 35.0 Å². The Morgan fingerprint density at radius 2 is 2.12 bits per heavy atom. The number of halogens is 1. The third-order valence-corrected chi connectivity index (χ3v) is 2.26. The summed E-state index contributed by atoms with van der Waals surface area (Å²) in [7, 11) is 0. The van der Waals surface area contributed by atoms with Gasteiger partial charge >= 0.3 is 5.97 Å². The van der Waals surface area contributed by atoms with E-state index in [4.69, 9.17) is 20.8 Å². The number of hydrogen-bond acceptors (Lipinski definition) is 3. The fourth-order valence-corrected chi connectivity index (χ4v) is 1.57. The molecule has 0 saturated carbocycles. The van der Waals surface area contributed by atoms with Crippen molar-refractivity contribution in [2.45, 2.75) is 20.0 Å². The molecule has 0 fully saturated rings. The molecule has 0 aliphatic heterocycles. The predicted octanol–water partition coefficient (Wildman–Crippen LogP) is 3.65. The minimum absolute atomic E-state index is 0.163. The maximum Gasteiger partial charge on any atom is 0.374 e. The average molecular weight is 239 g/mol. The number of benzene rings is 1. The molecular formula is C12H11ClO3. The number of carbonyl (C=O) groups is 1. The lowest BCUT2D eigenvalue weighted by atomic mass is 10.2. The van der Waals surface area contributed by atoms with E-state index in [0.29, 0.717) is 10.6 Å². The van der Waals surface area contributed by atoms with Gasteiger partial charge in [0.15, 0.2) is 0 Å². The zero-order chi connectivity index (χ0) is 11.7. The molecular weight excluding hydrogens is 228 g/mol. The summed E-state index contributed by atoms with van der Waals surface area (Å²) in [6.07, 6.45) is -0.163. The first-order valence-electron chi connectivity index (χ1n) is 4.96. The van der Waals surface area contributed by atoms with Crippen LogP contribution in [0.5, 0.6) is 0 Å².